The second kappa shape index (κ2) is 3.99. The number of carbonyl (C=O) groups is 1. The van der Waals surface area contributed by atoms with E-state index in [1.807, 2.05) is 6.92 Å². The maximum absolute atomic E-state index is 10.9. The van der Waals surface area contributed by atoms with Gasteiger partial charge in [-0.3, -0.25) is 0 Å². The van der Waals surface area contributed by atoms with E-state index in [0.717, 1.165) is 25.5 Å². The molecule has 1 aliphatic heterocycles. The topological polar surface area (TPSA) is 41.3 Å². The molecule has 0 saturated carbocycles. The van der Waals surface area contributed by atoms with Crippen LogP contribution in [0.4, 0.5) is 0 Å². The van der Waals surface area contributed by atoms with Crippen LogP contribution in [0.5, 0.6) is 0 Å². The number of ether oxygens (including phenoxy) is 1. The first-order chi connectivity index (χ1) is 5.77. The second-order valence-electron chi connectivity index (χ2n) is 2.57. The van der Waals surface area contributed by atoms with Gasteiger partial charge in [-0.2, -0.15) is 0 Å². The molecule has 1 aliphatic rings. The fraction of sp³-hybridized carbons (Fsp3) is 0.625. The molecule has 1 saturated heterocycles. The van der Waals surface area contributed by atoms with Gasteiger partial charge in [-0.15, -0.1) is 0 Å². The van der Waals surface area contributed by atoms with E-state index in [9.17, 15) is 4.79 Å². The molecule has 0 unspecified atom stereocenters. The number of carbonyl (C=O) groups excluding carboxylic acids is 1. The van der Waals surface area contributed by atoms with Gasteiger partial charge in [0.2, 0.25) is 0 Å². The summed E-state index contributed by atoms with van der Waals surface area (Å²) in [4.78, 5) is 12.9. The van der Waals surface area contributed by atoms with Crippen molar-refractivity contribution in [3.8, 4) is 0 Å². The minimum absolute atomic E-state index is 0.308. The summed E-state index contributed by atoms with van der Waals surface area (Å²) in [5.41, 5.74) is 0. The van der Waals surface area contributed by atoms with Gasteiger partial charge in [0.1, 0.15) is 5.82 Å². The highest BCUT2D eigenvalue weighted by atomic mass is 16.5. The molecule has 1 fully saturated rings. The summed E-state index contributed by atoms with van der Waals surface area (Å²) in [5.74, 6) is 0.558. The van der Waals surface area contributed by atoms with Crippen LogP contribution in [0.1, 0.15) is 6.92 Å². The highest BCUT2D eigenvalue weighted by Crippen LogP contribution is 2.11. The molecule has 0 radical (unpaired) electrons. The fourth-order valence-corrected chi connectivity index (χ4v) is 0.897. The number of hydrogen-bond donors (Lipinski definition) is 1. The van der Waals surface area contributed by atoms with Crippen molar-refractivity contribution in [1.29, 1.82) is 0 Å². The van der Waals surface area contributed by atoms with Crippen LogP contribution >= 0.6 is 0 Å². The lowest BCUT2D eigenvalue weighted by Gasteiger charge is -2.09. The van der Waals surface area contributed by atoms with E-state index in [-0.39, 0.29) is 5.97 Å². The molecule has 12 heavy (non-hydrogen) atoms. The molecule has 0 atom stereocenters. The molecular formula is C8H14N2O2. The van der Waals surface area contributed by atoms with Crippen LogP contribution in [0.15, 0.2) is 11.9 Å². The van der Waals surface area contributed by atoms with E-state index >= 15 is 0 Å². The summed E-state index contributed by atoms with van der Waals surface area (Å²) in [7, 11) is 1.38. The summed E-state index contributed by atoms with van der Waals surface area (Å²) in [6.07, 6.45) is 1.48. The Morgan fingerprint density at radius 3 is 2.75 bits per heavy atom. The lowest BCUT2D eigenvalue weighted by Crippen LogP contribution is -2.20. The van der Waals surface area contributed by atoms with Gasteiger partial charge in [-0.25, -0.2) is 4.79 Å². The van der Waals surface area contributed by atoms with Crippen LogP contribution in [-0.4, -0.2) is 37.6 Å². The molecular weight excluding hydrogens is 156 g/mol. The van der Waals surface area contributed by atoms with Crippen molar-refractivity contribution in [3.05, 3.63) is 11.9 Å². The number of nitrogens with one attached hydrogen (secondary N) is 1. The first kappa shape index (κ1) is 8.90. The van der Waals surface area contributed by atoms with Gasteiger partial charge in [-0.1, -0.05) is 0 Å². The standard InChI is InChI=1S/C8H14N2O2/c1-3-9-7(10-4-5-10)6-8(11)12-2/h6,9H,3-5H2,1-2H3/b7-6+. The molecule has 0 bridgehead atoms. The maximum atomic E-state index is 10.9. The summed E-state index contributed by atoms with van der Waals surface area (Å²) in [6.45, 7) is 4.86. The van der Waals surface area contributed by atoms with Crippen molar-refractivity contribution in [1.82, 2.24) is 10.2 Å². The molecule has 4 nitrogen and oxygen atoms in total. The monoisotopic (exact) mass is 170 g/mol. The smallest absolute Gasteiger partial charge is 0.334 e. The Morgan fingerprint density at radius 1 is 1.67 bits per heavy atom. The number of methoxy groups -OCH3 is 1. The minimum atomic E-state index is -0.308. The van der Waals surface area contributed by atoms with Gasteiger partial charge in [0.25, 0.3) is 0 Å². The van der Waals surface area contributed by atoms with E-state index in [1.54, 1.807) is 0 Å². The SMILES string of the molecule is CCN/C(=C\C(=O)OC)N1CC1. The van der Waals surface area contributed by atoms with Crippen LogP contribution in [-0.2, 0) is 9.53 Å². The maximum Gasteiger partial charge on any atom is 0.334 e. The van der Waals surface area contributed by atoms with E-state index < -0.39 is 0 Å². The molecule has 1 N–H and O–H groups in total. The van der Waals surface area contributed by atoms with Gasteiger partial charge in [0.05, 0.1) is 13.2 Å². The van der Waals surface area contributed by atoms with E-state index in [1.165, 1.54) is 13.2 Å². The zero-order valence-electron chi connectivity index (χ0n) is 7.46. The predicted molar refractivity (Wildman–Crippen MR) is 45.3 cm³/mol. The van der Waals surface area contributed by atoms with Gasteiger partial charge in [-0.05, 0) is 6.92 Å². The summed E-state index contributed by atoms with van der Waals surface area (Å²) < 4.78 is 4.52. The van der Waals surface area contributed by atoms with Crippen LogP contribution in [0, 0.1) is 0 Å². The molecule has 0 aromatic rings. The first-order valence-electron chi connectivity index (χ1n) is 4.06. The number of rotatable bonds is 4. The van der Waals surface area contributed by atoms with Crippen LogP contribution in [0.2, 0.25) is 0 Å². The molecule has 0 aromatic carbocycles. The first-order valence-corrected chi connectivity index (χ1v) is 4.06. The zero-order chi connectivity index (χ0) is 8.97. The Morgan fingerprint density at radius 2 is 2.33 bits per heavy atom. The van der Waals surface area contributed by atoms with Gasteiger partial charge >= 0.3 is 5.97 Å². The largest absolute Gasteiger partial charge is 0.466 e. The third-order valence-electron chi connectivity index (χ3n) is 1.60. The van der Waals surface area contributed by atoms with Crippen LogP contribution in [0.3, 0.4) is 0 Å². The fourth-order valence-electron chi connectivity index (χ4n) is 0.897. The summed E-state index contributed by atoms with van der Waals surface area (Å²) in [5, 5.41) is 3.10. The lowest BCUT2D eigenvalue weighted by molar-refractivity contribution is -0.134. The Bertz CT molecular complexity index is 197. The molecule has 0 spiro atoms. The normalized spacial score (nSPS) is 15.8. The summed E-state index contributed by atoms with van der Waals surface area (Å²) >= 11 is 0. The quantitative estimate of drug-likeness (QED) is 0.364. The average Bonchev–Trinajstić information content (AvgIpc) is 2.86. The molecule has 68 valence electrons. The Kier molecular flexibility index (Phi) is 2.96. The van der Waals surface area contributed by atoms with Crippen LogP contribution in [0.25, 0.3) is 0 Å². The predicted octanol–water partition coefficient (Wildman–Crippen LogP) is -0.0741. The van der Waals surface area contributed by atoms with E-state index in [0.29, 0.717) is 0 Å². The van der Waals surface area contributed by atoms with Crippen molar-refractivity contribution >= 4 is 5.97 Å². The van der Waals surface area contributed by atoms with Gasteiger partial charge in [0, 0.05) is 19.6 Å². The highest BCUT2D eigenvalue weighted by Gasteiger charge is 2.20. The zero-order valence-corrected chi connectivity index (χ0v) is 7.46. The van der Waals surface area contributed by atoms with E-state index in [4.69, 9.17) is 0 Å². The molecule has 0 amide bonds. The molecule has 1 rings (SSSR count). The van der Waals surface area contributed by atoms with Gasteiger partial charge in [0.15, 0.2) is 0 Å². The van der Waals surface area contributed by atoms with Crippen molar-refractivity contribution in [2.45, 2.75) is 6.92 Å². The highest BCUT2D eigenvalue weighted by molar-refractivity contribution is 5.82. The number of esters is 1. The molecule has 0 aliphatic carbocycles. The Labute approximate surface area is 72.2 Å². The third-order valence-corrected chi connectivity index (χ3v) is 1.60. The summed E-state index contributed by atoms with van der Waals surface area (Å²) in [6, 6.07) is 0. The number of hydrogen-bond acceptors (Lipinski definition) is 4. The second-order valence-corrected chi connectivity index (χ2v) is 2.57. The van der Waals surface area contributed by atoms with E-state index in [2.05, 4.69) is 15.0 Å². The van der Waals surface area contributed by atoms with Gasteiger partial charge < -0.3 is 15.0 Å². The Hall–Kier alpha value is -1.19. The number of nitrogens with zero attached hydrogens (tertiary/aromatic N) is 1. The molecule has 1 heterocycles. The lowest BCUT2D eigenvalue weighted by atomic mass is 10.5. The van der Waals surface area contributed by atoms with Crippen molar-refractivity contribution in [2.24, 2.45) is 0 Å². The van der Waals surface area contributed by atoms with Crippen LogP contribution < -0.4 is 5.32 Å². The Balaban J connectivity index is 2.50. The molecule has 4 heteroatoms. The van der Waals surface area contributed by atoms with Crippen molar-refractivity contribution in [2.75, 3.05) is 26.7 Å². The minimum Gasteiger partial charge on any atom is -0.466 e. The third kappa shape index (κ3) is 2.45. The molecule has 0 aromatic heterocycles. The van der Waals surface area contributed by atoms with Crippen molar-refractivity contribution in [3.63, 3.8) is 0 Å². The van der Waals surface area contributed by atoms with Crippen molar-refractivity contribution < 1.29 is 9.53 Å². The average molecular weight is 170 g/mol.